The smallest absolute Gasteiger partial charge is 0.241 e. The van der Waals surface area contributed by atoms with E-state index in [4.69, 9.17) is 0 Å². The van der Waals surface area contributed by atoms with Gasteiger partial charge in [0.15, 0.2) is 17.5 Å². The molecule has 0 bridgehead atoms. The number of nitrogens with zero attached hydrogens (tertiary/aromatic N) is 2. The van der Waals surface area contributed by atoms with E-state index in [0.29, 0.717) is 30.7 Å². The lowest BCUT2D eigenvalue weighted by atomic mass is 10.1. The molecule has 0 fully saturated rings. The van der Waals surface area contributed by atoms with Crippen molar-refractivity contribution in [3.05, 3.63) is 47.5 Å². The van der Waals surface area contributed by atoms with E-state index in [-0.39, 0.29) is 0 Å². The Labute approximate surface area is 132 Å². The van der Waals surface area contributed by atoms with Crippen LogP contribution >= 0.6 is 0 Å². The quantitative estimate of drug-likeness (QED) is 0.817. The molecule has 9 heteroatoms. The molecule has 0 aliphatic heterocycles. The number of hydrogen-bond acceptors (Lipinski definition) is 3. The van der Waals surface area contributed by atoms with Gasteiger partial charge in [0.2, 0.25) is 10.0 Å². The molecule has 1 heterocycles. The molecule has 0 unspecified atom stereocenters. The first kappa shape index (κ1) is 17.5. The van der Waals surface area contributed by atoms with Gasteiger partial charge in [-0.1, -0.05) is 6.92 Å². The van der Waals surface area contributed by atoms with Crippen molar-refractivity contribution in [1.82, 2.24) is 14.5 Å². The fraction of sp³-hybridized carbons (Fsp3) is 0.357. The van der Waals surface area contributed by atoms with Crippen molar-refractivity contribution in [3.63, 3.8) is 0 Å². The van der Waals surface area contributed by atoms with Crippen LogP contribution in [0.15, 0.2) is 29.4 Å². The van der Waals surface area contributed by atoms with E-state index >= 15 is 0 Å². The summed E-state index contributed by atoms with van der Waals surface area (Å²) in [7, 11) is -4.21. The molecular formula is C14H16F3N3O2S. The summed E-state index contributed by atoms with van der Waals surface area (Å²) in [5, 5.41) is 4.06. The van der Waals surface area contributed by atoms with Crippen LogP contribution in [0.2, 0.25) is 0 Å². The molecule has 23 heavy (non-hydrogen) atoms. The number of aromatic nitrogens is 2. The Morgan fingerprint density at radius 2 is 1.83 bits per heavy atom. The van der Waals surface area contributed by atoms with E-state index in [2.05, 4.69) is 9.82 Å². The van der Waals surface area contributed by atoms with Crippen LogP contribution < -0.4 is 4.72 Å². The maximum Gasteiger partial charge on any atom is 0.241 e. The number of rotatable bonds is 6. The standard InChI is InChI=1S/C14H16F3N3O2S/c1-3-13(9-7-18-20(4-2)8-9)19-23(21,22)10-5-11(15)14(17)12(16)6-10/h5-8,13,19H,3-4H2,1-2H3/t13-/m1/s1. The lowest BCUT2D eigenvalue weighted by molar-refractivity contribution is 0.442. The maximum absolute atomic E-state index is 13.2. The van der Waals surface area contributed by atoms with E-state index < -0.39 is 38.4 Å². The van der Waals surface area contributed by atoms with Crippen molar-refractivity contribution in [1.29, 1.82) is 0 Å². The molecular weight excluding hydrogens is 331 g/mol. The van der Waals surface area contributed by atoms with Gasteiger partial charge in [-0.2, -0.15) is 5.10 Å². The van der Waals surface area contributed by atoms with Crippen molar-refractivity contribution in [2.45, 2.75) is 37.8 Å². The summed E-state index contributed by atoms with van der Waals surface area (Å²) in [6.07, 6.45) is 3.61. The van der Waals surface area contributed by atoms with E-state index in [0.717, 1.165) is 0 Å². The van der Waals surface area contributed by atoms with E-state index in [1.165, 1.54) is 6.20 Å². The van der Waals surface area contributed by atoms with E-state index in [9.17, 15) is 21.6 Å². The zero-order valence-corrected chi connectivity index (χ0v) is 13.4. The van der Waals surface area contributed by atoms with Crippen molar-refractivity contribution in [2.24, 2.45) is 0 Å². The minimum absolute atomic E-state index is 0.404. The molecule has 1 N–H and O–H groups in total. The Bertz CT molecular complexity index is 782. The second-order valence-electron chi connectivity index (χ2n) is 4.91. The van der Waals surface area contributed by atoms with Gasteiger partial charge in [0.1, 0.15) is 0 Å². The Kier molecular flexibility index (Phi) is 5.10. The second-order valence-corrected chi connectivity index (χ2v) is 6.63. The highest BCUT2D eigenvalue weighted by molar-refractivity contribution is 7.89. The van der Waals surface area contributed by atoms with Crippen LogP contribution in [0.25, 0.3) is 0 Å². The summed E-state index contributed by atoms with van der Waals surface area (Å²) >= 11 is 0. The van der Waals surface area contributed by atoms with Gasteiger partial charge in [-0.15, -0.1) is 0 Å². The van der Waals surface area contributed by atoms with E-state index in [1.54, 1.807) is 17.8 Å². The lowest BCUT2D eigenvalue weighted by Gasteiger charge is -2.16. The van der Waals surface area contributed by atoms with Gasteiger partial charge in [-0.05, 0) is 25.5 Å². The number of hydrogen-bond donors (Lipinski definition) is 1. The van der Waals surface area contributed by atoms with Crippen molar-refractivity contribution in [3.8, 4) is 0 Å². The first-order valence-corrected chi connectivity index (χ1v) is 8.46. The Morgan fingerprint density at radius 3 is 2.30 bits per heavy atom. The normalized spacial score (nSPS) is 13.3. The van der Waals surface area contributed by atoms with Gasteiger partial charge < -0.3 is 0 Å². The molecule has 2 aromatic rings. The van der Waals surface area contributed by atoms with Gasteiger partial charge in [0.05, 0.1) is 11.1 Å². The van der Waals surface area contributed by atoms with Crippen LogP contribution in [0.1, 0.15) is 31.9 Å². The topological polar surface area (TPSA) is 64.0 Å². The molecule has 0 spiro atoms. The highest BCUT2D eigenvalue weighted by Gasteiger charge is 2.24. The largest absolute Gasteiger partial charge is 0.273 e. The molecule has 2 rings (SSSR count). The Hall–Kier alpha value is -1.87. The lowest BCUT2D eigenvalue weighted by Crippen LogP contribution is -2.28. The molecule has 5 nitrogen and oxygen atoms in total. The molecule has 1 aromatic heterocycles. The fourth-order valence-corrected chi connectivity index (χ4v) is 3.39. The third-order valence-electron chi connectivity index (χ3n) is 3.35. The Morgan fingerprint density at radius 1 is 1.22 bits per heavy atom. The molecule has 1 atom stereocenters. The molecule has 0 saturated carbocycles. The van der Waals surface area contributed by atoms with Crippen molar-refractivity contribution < 1.29 is 21.6 Å². The zero-order valence-electron chi connectivity index (χ0n) is 12.6. The number of benzene rings is 1. The average molecular weight is 347 g/mol. The summed E-state index contributed by atoms with van der Waals surface area (Å²) in [6.45, 7) is 4.26. The first-order chi connectivity index (χ1) is 10.8. The van der Waals surface area contributed by atoms with Gasteiger partial charge in [0, 0.05) is 24.3 Å². The predicted molar refractivity (Wildman–Crippen MR) is 77.6 cm³/mol. The van der Waals surface area contributed by atoms with Crippen LogP contribution in [0.5, 0.6) is 0 Å². The molecule has 0 saturated heterocycles. The van der Waals surface area contributed by atoms with Crippen LogP contribution in [-0.4, -0.2) is 18.2 Å². The molecule has 0 radical (unpaired) electrons. The molecule has 126 valence electrons. The summed E-state index contributed by atoms with van der Waals surface area (Å²) in [6, 6.07) is 0.280. The molecule has 0 amide bonds. The fourth-order valence-electron chi connectivity index (χ4n) is 2.06. The highest BCUT2D eigenvalue weighted by atomic mass is 32.2. The minimum Gasteiger partial charge on any atom is -0.273 e. The van der Waals surface area contributed by atoms with Gasteiger partial charge >= 0.3 is 0 Å². The van der Waals surface area contributed by atoms with Crippen LogP contribution in [0.3, 0.4) is 0 Å². The van der Waals surface area contributed by atoms with Gasteiger partial charge in [-0.3, -0.25) is 4.68 Å². The summed E-state index contributed by atoms with van der Waals surface area (Å²) in [5.74, 6) is -4.82. The van der Waals surface area contributed by atoms with Crippen molar-refractivity contribution >= 4 is 10.0 Å². The SMILES string of the molecule is CC[C@@H](NS(=O)(=O)c1cc(F)c(F)c(F)c1)c1cnn(CC)c1. The third kappa shape index (κ3) is 3.73. The Balaban J connectivity index is 2.32. The molecule has 0 aliphatic carbocycles. The predicted octanol–water partition coefficient (Wildman–Crippen LogP) is 2.75. The molecule has 1 aromatic carbocycles. The van der Waals surface area contributed by atoms with Crippen molar-refractivity contribution in [2.75, 3.05) is 0 Å². The summed E-state index contributed by atoms with van der Waals surface area (Å²) in [5.41, 5.74) is 0.626. The highest BCUT2D eigenvalue weighted by Crippen LogP contribution is 2.22. The zero-order chi connectivity index (χ0) is 17.2. The second kappa shape index (κ2) is 6.71. The monoisotopic (exact) mass is 347 g/mol. The third-order valence-corrected chi connectivity index (χ3v) is 4.80. The minimum atomic E-state index is -4.21. The van der Waals surface area contributed by atoms with E-state index in [1.807, 2.05) is 6.92 Å². The maximum atomic E-state index is 13.2. The molecule has 0 aliphatic rings. The van der Waals surface area contributed by atoms with Crippen LogP contribution in [-0.2, 0) is 16.6 Å². The van der Waals surface area contributed by atoms with Crippen LogP contribution in [0, 0.1) is 17.5 Å². The number of aryl methyl sites for hydroxylation is 1. The summed E-state index contributed by atoms with van der Waals surface area (Å²) in [4.78, 5) is -0.671. The van der Waals surface area contributed by atoms with Crippen LogP contribution in [0.4, 0.5) is 13.2 Å². The number of halogens is 3. The number of sulfonamides is 1. The first-order valence-electron chi connectivity index (χ1n) is 6.97. The van der Waals surface area contributed by atoms with Gasteiger partial charge in [-0.25, -0.2) is 26.3 Å². The summed E-state index contributed by atoms with van der Waals surface area (Å²) < 4.78 is 68.0. The van der Waals surface area contributed by atoms with Gasteiger partial charge in [0.25, 0.3) is 0 Å². The average Bonchev–Trinajstić information content (AvgIpc) is 2.98. The number of nitrogens with one attached hydrogen (secondary N) is 1.